The summed E-state index contributed by atoms with van der Waals surface area (Å²) < 4.78 is 0. The third-order valence-electron chi connectivity index (χ3n) is 3.23. The molecule has 7 heteroatoms. The number of hydrogen-bond donors (Lipinski definition) is 1. The minimum atomic E-state index is -1.06. The van der Waals surface area contributed by atoms with E-state index in [0.717, 1.165) is 12.2 Å². The summed E-state index contributed by atoms with van der Waals surface area (Å²) in [6.45, 7) is 8.14. The van der Waals surface area contributed by atoms with Crippen LogP contribution >= 0.6 is 24.0 Å². The Kier molecular flexibility index (Phi) is 8.90. The van der Waals surface area contributed by atoms with Crippen molar-refractivity contribution in [1.82, 2.24) is 5.32 Å². The van der Waals surface area contributed by atoms with Crippen LogP contribution in [0.3, 0.4) is 0 Å². The molecule has 2 atom stereocenters. The van der Waals surface area contributed by atoms with Crippen LogP contribution < -0.4 is 34.9 Å². The van der Waals surface area contributed by atoms with Crippen LogP contribution in [0.15, 0.2) is 0 Å². The SMILES string of the molecule is CCCC1(C(C)SCC(C)C)C(=O)[N-]C(=S)NC1=O.[Na+]. The number of amides is 2. The number of hydrogen-bond acceptors (Lipinski definition) is 4. The van der Waals surface area contributed by atoms with Gasteiger partial charge in [0.2, 0.25) is 0 Å². The zero-order chi connectivity index (χ0) is 14.6. The van der Waals surface area contributed by atoms with Crippen molar-refractivity contribution in [1.29, 1.82) is 0 Å². The predicted octanol–water partition coefficient (Wildman–Crippen LogP) is -0.130. The van der Waals surface area contributed by atoms with Gasteiger partial charge in [-0.05, 0) is 18.1 Å². The van der Waals surface area contributed by atoms with Crippen LogP contribution in [0.5, 0.6) is 0 Å². The molecule has 1 N–H and O–H groups in total. The van der Waals surface area contributed by atoms with Crippen LogP contribution in [0.1, 0.15) is 40.5 Å². The molecule has 1 rings (SSSR count). The van der Waals surface area contributed by atoms with E-state index in [4.69, 9.17) is 12.2 Å². The molecular weight excluding hydrogens is 303 g/mol. The van der Waals surface area contributed by atoms with Crippen LogP contribution in [0.4, 0.5) is 0 Å². The first-order chi connectivity index (χ1) is 8.84. The van der Waals surface area contributed by atoms with Gasteiger partial charge in [-0.15, -0.1) is 0 Å². The molecule has 0 radical (unpaired) electrons. The van der Waals surface area contributed by atoms with Gasteiger partial charge in [-0.25, -0.2) is 0 Å². The van der Waals surface area contributed by atoms with Crippen LogP contribution in [-0.2, 0) is 9.59 Å². The molecule has 1 fully saturated rings. The van der Waals surface area contributed by atoms with Crippen LogP contribution in [-0.4, -0.2) is 27.9 Å². The molecule has 0 saturated carbocycles. The van der Waals surface area contributed by atoms with Crippen molar-refractivity contribution in [3.8, 4) is 0 Å². The van der Waals surface area contributed by atoms with Crippen molar-refractivity contribution >= 4 is 40.9 Å². The molecule has 0 aromatic carbocycles. The number of carbonyl (C=O) groups excluding carboxylic acids is 2. The maximum Gasteiger partial charge on any atom is 1.00 e. The van der Waals surface area contributed by atoms with Crippen molar-refractivity contribution in [3.05, 3.63) is 5.32 Å². The molecule has 2 amide bonds. The molecule has 20 heavy (non-hydrogen) atoms. The first kappa shape index (κ1) is 20.4. The topological polar surface area (TPSA) is 60.3 Å². The molecule has 0 aromatic heterocycles. The molecule has 0 aromatic rings. The van der Waals surface area contributed by atoms with Crippen molar-refractivity contribution in [2.75, 3.05) is 5.75 Å². The fourth-order valence-electron chi connectivity index (χ4n) is 2.18. The molecule has 0 bridgehead atoms. The summed E-state index contributed by atoms with van der Waals surface area (Å²) >= 11 is 6.47. The number of rotatable bonds is 6. The maximum absolute atomic E-state index is 12.3. The minimum Gasteiger partial charge on any atom is -0.418 e. The fraction of sp³-hybridized carbons (Fsp3) is 0.769. The van der Waals surface area contributed by atoms with E-state index in [-0.39, 0.29) is 51.7 Å². The smallest absolute Gasteiger partial charge is 0.418 e. The molecule has 2 unspecified atom stereocenters. The standard InChI is InChI=1S/C13H22N2O2S2.Na/c1-5-6-13(9(4)19-7-8(2)3)10(16)14-12(18)15-11(13)17;/h8-9H,5-7H2,1-4H3,(H2,14,15,16,17,18);/q;+1/p-1. The number of carbonyl (C=O) groups is 2. The quantitative estimate of drug-likeness (QED) is 0.420. The maximum atomic E-state index is 12.3. The van der Waals surface area contributed by atoms with Gasteiger partial charge in [-0.1, -0.05) is 46.3 Å². The zero-order valence-corrected chi connectivity index (χ0v) is 16.5. The van der Waals surface area contributed by atoms with Gasteiger partial charge in [0.05, 0.1) is 0 Å². The molecule has 1 aliphatic rings. The van der Waals surface area contributed by atoms with E-state index in [1.807, 2.05) is 13.8 Å². The van der Waals surface area contributed by atoms with E-state index in [1.165, 1.54) is 0 Å². The Labute approximate surface area is 152 Å². The second-order valence-electron chi connectivity index (χ2n) is 5.27. The summed E-state index contributed by atoms with van der Waals surface area (Å²) in [5.74, 6) is 0.762. The summed E-state index contributed by atoms with van der Waals surface area (Å²) in [6, 6.07) is 0. The van der Waals surface area contributed by atoms with Crippen molar-refractivity contribution < 1.29 is 39.1 Å². The Bertz CT molecular complexity index is 369. The van der Waals surface area contributed by atoms with E-state index in [2.05, 4.69) is 24.5 Å². The minimum absolute atomic E-state index is 0. The third kappa shape index (κ3) is 4.44. The van der Waals surface area contributed by atoms with Gasteiger partial charge in [0.25, 0.3) is 0 Å². The fourth-order valence-corrected chi connectivity index (χ4v) is 3.64. The number of nitrogens with one attached hydrogen (secondary N) is 1. The molecular formula is C13H21N2NaO2S2. The van der Waals surface area contributed by atoms with E-state index in [9.17, 15) is 9.59 Å². The van der Waals surface area contributed by atoms with E-state index >= 15 is 0 Å². The number of nitrogens with zero attached hydrogens (tertiary/aromatic N) is 1. The largest absolute Gasteiger partial charge is 1.00 e. The van der Waals surface area contributed by atoms with Gasteiger partial charge in [0.15, 0.2) is 11.8 Å². The molecule has 108 valence electrons. The number of thiocarbonyl (C=S) groups is 1. The molecule has 1 aliphatic heterocycles. The average Bonchev–Trinajstić information content (AvgIpc) is 2.30. The third-order valence-corrected chi connectivity index (χ3v) is 5.18. The molecule has 4 nitrogen and oxygen atoms in total. The summed E-state index contributed by atoms with van der Waals surface area (Å²) in [4.78, 5) is 24.6. The summed E-state index contributed by atoms with van der Waals surface area (Å²) in [6.07, 6.45) is 1.27. The van der Waals surface area contributed by atoms with Gasteiger partial charge in [-0.3, -0.25) is 9.59 Å². The van der Waals surface area contributed by atoms with Gasteiger partial charge in [0, 0.05) is 10.4 Å². The zero-order valence-electron chi connectivity index (χ0n) is 12.9. The van der Waals surface area contributed by atoms with E-state index in [0.29, 0.717) is 12.3 Å². The van der Waals surface area contributed by atoms with Gasteiger partial charge >= 0.3 is 29.6 Å². The van der Waals surface area contributed by atoms with Gasteiger partial charge in [0.1, 0.15) is 5.41 Å². The van der Waals surface area contributed by atoms with Gasteiger partial charge < -0.3 is 10.6 Å². The van der Waals surface area contributed by atoms with Crippen LogP contribution in [0.2, 0.25) is 0 Å². The van der Waals surface area contributed by atoms with Crippen molar-refractivity contribution in [2.45, 2.75) is 45.8 Å². The summed E-state index contributed by atoms with van der Waals surface area (Å²) in [5.41, 5.74) is -1.06. The van der Waals surface area contributed by atoms with Crippen molar-refractivity contribution in [3.63, 3.8) is 0 Å². The normalized spacial score (nSPS) is 23.9. The Balaban J connectivity index is 0.00000361. The Morgan fingerprint density at radius 3 is 2.40 bits per heavy atom. The van der Waals surface area contributed by atoms with E-state index in [1.54, 1.807) is 11.8 Å². The molecule has 1 saturated heterocycles. The predicted molar refractivity (Wildman–Crippen MR) is 83.2 cm³/mol. The monoisotopic (exact) mass is 324 g/mol. The first-order valence-corrected chi connectivity index (χ1v) is 8.03. The van der Waals surface area contributed by atoms with Crippen molar-refractivity contribution in [2.24, 2.45) is 11.3 Å². The summed E-state index contributed by atoms with van der Waals surface area (Å²) in [7, 11) is 0. The molecule has 0 spiro atoms. The molecule has 1 heterocycles. The molecule has 0 aliphatic carbocycles. The second kappa shape index (κ2) is 8.73. The Hall–Kier alpha value is 0.380. The second-order valence-corrected chi connectivity index (χ2v) is 7.03. The Morgan fingerprint density at radius 2 is 1.95 bits per heavy atom. The number of thioether (sulfide) groups is 1. The van der Waals surface area contributed by atoms with E-state index < -0.39 is 5.41 Å². The summed E-state index contributed by atoms with van der Waals surface area (Å²) in [5, 5.41) is 6.23. The van der Waals surface area contributed by atoms with Crippen LogP contribution in [0, 0.1) is 11.3 Å². The first-order valence-electron chi connectivity index (χ1n) is 6.57. The van der Waals surface area contributed by atoms with Crippen LogP contribution in [0.25, 0.3) is 5.32 Å². The average molecular weight is 324 g/mol. The van der Waals surface area contributed by atoms with Gasteiger partial charge in [-0.2, -0.15) is 11.8 Å². The Morgan fingerprint density at radius 1 is 1.35 bits per heavy atom.